The van der Waals surface area contributed by atoms with E-state index in [-0.39, 0.29) is 17.7 Å². The third-order valence-corrected chi connectivity index (χ3v) is 5.67. The number of amides is 1. The number of imidazole rings is 1. The molecule has 6 heteroatoms. The number of hydrogen-bond acceptors (Lipinski definition) is 2. The monoisotopic (exact) mass is 337 g/mol. The quantitative estimate of drug-likeness (QED) is 0.807. The van der Waals surface area contributed by atoms with Crippen LogP contribution >= 0.6 is 23.2 Å². The summed E-state index contributed by atoms with van der Waals surface area (Å²) < 4.78 is 1.61. The summed E-state index contributed by atoms with van der Waals surface area (Å²) in [6.45, 7) is 1.48. The van der Waals surface area contributed by atoms with Crippen LogP contribution in [-0.2, 0) is 11.3 Å². The highest BCUT2D eigenvalue weighted by Gasteiger charge is 2.52. The Morgan fingerprint density at radius 3 is 2.73 bits per heavy atom. The van der Waals surface area contributed by atoms with Crippen LogP contribution in [0.5, 0.6) is 0 Å². The first-order chi connectivity index (χ1) is 10.5. The molecule has 2 fully saturated rings. The van der Waals surface area contributed by atoms with Crippen LogP contribution in [0, 0.1) is 5.92 Å². The summed E-state index contributed by atoms with van der Waals surface area (Å²) in [6.07, 6.45) is 1.34. The molecule has 4 nitrogen and oxygen atoms in total. The van der Waals surface area contributed by atoms with Crippen molar-refractivity contribution < 1.29 is 4.79 Å². The van der Waals surface area contributed by atoms with Crippen molar-refractivity contribution in [3.05, 3.63) is 30.1 Å². The standard InChI is InChI=1S/C16H17Cl2N3O/c1-20-8-10(6-14(20)22)15-19-12-4-2-3-5-13(12)21(15)9-11-7-16(11,17)18/h2-5,10-11H,6-9H2,1H3/t10-,11+/m1/s1. The molecular formula is C16H17Cl2N3O. The van der Waals surface area contributed by atoms with Crippen molar-refractivity contribution in [1.82, 2.24) is 14.5 Å². The van der Waals surface area contributed by atoms with Crippen molar-refractivity contribution in [2.75, 3.05) is 13.6 Å². The molecule has 2 aliphatic rings. The molecule has 1 aliphatic carbocycles. The zero-order chi connectivity index (χ0) is 15.5. The number of para-hydroxylation sites is 2. The predicted molar refractivity (Wildman–Crippen MR) is 87.3 cm³/mol. The smallest absolute Gasteiger partial charge is 0.223 e. The molecule has 1 aliphatic heterocycles. The van der Waals surface area contributed by atoms with Gasteiger partial charge in [0.15, 0.2) is 0 Å². The molecule has 0 unspecified atom stereocenters. The molecule has 2 atom stereocenters. The highest BCUT2D eigenvalue weighted by molar-refractivity contribution is 6.50. The zero-order valence-electron chi connectivity index (χ0n) is 12.3. The Hall–Kier alpha value is -1.26. The molecule has 2 heterocycles. The van der Waals surface area contributed by atoms with Crippen molar-refractivity contribution in [2.24, 2.45) is 5.92 Å². The second-order valence-electron chi connectivity index (χ2n) is 6.41. The maximum atomic E-state index is 11.9. The largest absolute Gasteiger partial charge is 0.345 e. The first kappa shape index (κ1) is 14.3. The molecule has 22 heavy (non-hydrogen) atoms. The third-order valence-electron chi connectivity index (χ3n) is 4.75. The normalized spacial score (nSPS) is 26.9. The minimum absolute atomic E-state index is 0.142. The average Bonchev–Trinajstić information content (AvgIpc) is 2.81. The third kappa shape index (κ3) is 2.29. The number of carbonyl (C=O) groups excluding carboxylic acids is 1. The number of hydrogen-bond donors (Lipinski definition) is 0. The molecule has 116 valence electrons. The molecule has 1 aromatic heterocycles. The van der Waals surface area contributed by atoms with E-state index < -0.39 is 4.33 Å². The van der Waals surface area contributed by atoms with Crippen molar-refractivity contribution in [3.63, 3.8) is 0 Å². The molecule has 2 aromatic rings. The van der Waals surface area contributed by atoms with Crippen molar-refractivity contribution in [1.29, 1.82) is 0 Å². The lowest BCUT2D eigenvalue weighted by molar-refractivity contribution is -0.126. The van der Waals surface area contributed by atoms with E-state index in [4.69, 9.17) is 28.2 Å². The topological polar surface area (TPSA) is 38.1 Å². The lowest BCUT2D eigenvalue weighted by Crippen LogP contribution is -2.19. The van der Waals surface area contributed by atoms with Crippen molar-refractivity contribution in [2.45, 2.75) is 29.6 Å². The summed E-state index contributed by atoms with van der Waals surface area (Å²) in [5.41, 5.74) is 2.06. The SMILES string of the molecule is CN1C[C@H](c2nc3ccccc3n2C[C@@H]2CC2(Cl)Cl)CC1=O. The van der Waals surface area contributed by atoms with E-state index in [9.17, 15) is 4.79 Å². The molecule has 1 aromatic carbocycles. The Morgan fingerprint density at radius 2 is 2.09 bits per heavy atom. The summed E-state index contributed by atoms with van der Waals surface area (Å²) >= 11 is 12.4. The molecule has 1 saturated heterocycles. The number of rotatable bonds is 3. The number of alkyl halides is 2. The van der Waals surface area contributed by atoms with Gasteiger partial charge >= 0.3 is 0 Å². The molecule has 1 amide bonds. The second-order valence-corrected chi connectivity index (χ2v) is 7.95. The minimum atomic E-state index is -0.606. The molecule has 0 spiro atoms. The van der Waals surface area contributed by atoms with Gasteiger partial charge in [-0.1, -0.05) is 12.1 Å². The first-order valence-electron chi connectivity index (χ1n) is 7.52. The molecular weight excluding hydrogens is 321 g/mol. The Bertz CT molecular complexity index is 755. The fourth-order valence-electron chi connectivity index (χ4n) is 3.32. The lowest BCUT2D eigenvalue weighted by atomic mass is 10.1. The van der Waals surface area contributed by atoms with Crippen LogP contribution in [0.25, 0.3) is 11.0 Å². The molecule has 0 radical (unpaired) electrons. The van der Waals surface area contributed by atoms with E-state index >= 15 is 0 Å². The van der Waals surface area contributed by atoms with Gasteiger partial charge in [0, 0.05) is 38.4 Å². The van der Waals surface area contributed by atoms with Gasteiger partial charge < -0.3 is 9.47 Å². The van der Waals surface area contributed by atoms with Crippen LogP contribution in [-0.4, -0.2) is 38.3 Å². The highest BCUT2D eigenvalue weighted by atomic mass is 35.5. The van der Waals surface area contributed by atoms with Gasteiger partial charge in [0.2, 0.25) is 5.91 Å². The van der Waals surface area contributed by atoms with Crippen LogP contribution < -0.4 is 0 Å². The van der Waals surface area contributed by atoms with Crippen molar-refractivity contribution >= 4 is 40.1 Å². The summed E-state index contributed by atoms with van der Waals surface area (Å²) in [7, 11) is 1.85. The Balaban J connectivity index is 1.75. The maximum absolute atomic E-state index is 11.9. The van der Waals surface area contributed by atoms with Crippen LogP contribution in [0.2, 0.25) is 0 Å². The average molecular weight is 338 g/mol. The number of aromatic nitrogens is 2. The fourth-order valence-corrected chi connectivity index (χ4v) is 3.83. The van der Waals surface area contributed by atoms with Gasteiger partial charge in [-0.3, -0.25) is 4.79 Å². The molecule has 4 rings (SSSR count). The van der Waals surface area contributed by atoms with E-state index in [2.05, 4.69) is 10.6 Å². The number of fused-ring (bicyclic) bond motifs is 1. The van der Waals surface area contributed by atoms with Gasteiger partial charge in [-0.15, -0.1) is 23.2 Å². The van der Waals surface area contributed by atoms with Crippen molar-refractivity contribution in [3.8, 4) is 0 Å². The summed E-state index contributed by atoms with van der Waals surface area (Å²) in [6, 6.07) is 8.08. The fraction of sp³-hybridized carbons (Fsp3) is 0.500. The van der Waals surface area contributed by atoms with Gasteiger partial charge in [-0.2, -0.15) is 0 Å². The molecule has 1 saturated carbocycles. The molecule has 0 N–H and O–H groups in total. The van der Waals surface area contributed by atoms with E-state index in [0.29, 0.717) is 6.42 Å². The highest BCUT2D eigenvalue weighted by Crippen LogP contribution is 2.54. The van der Waals surface area contributed by atoms with Gasteiger partial charge in [-0.25, -0.2) is 4.98 Å². The Morgan fingerprint density at radius 1 is 1.36 bits per heavy atom. The first-order valence-corrected chi connectivity index (χ1v) is 8.28. The summed E-state index contributed by atoms with van der Waals surface area (Å²) in [5.74, 6) is 1.56. The number of halogens is 2. The number of carbonyl (C=O) groups is 1. The number of likely N-dealkylation sites (tertiary alicyclic amines) is 1. The Labute approximate surface area is 139 Å². The van der Waals surface area contributed by atoms with E-state index in [1.165, 1.54) is 0 Å². The van der Waals surface area contributed by atoms with Gasteiger partial charge in [0.25, 0.3) is 0 Å². The van der Waals surface area contributed by atoms with E-state index in [1.54, 1.807) is 4.90 Å². The van der Waals surface area contributed by atoms with Gasteiger partial charge in [0.05, 0.1) is 11.0 Å². The Kier molecular flexibility index (Phi) is 3.17. The summed E-state index contributed by atoms with van der Waals surface area (Å²) in [4.78, 5) is 18.4. The number of nitrogens with zero attached hydrogens (tertiary/aromatic N) is 3. The predicted octanol–water partition coefficient (Wildman–Crippen LogP) is 3.18. The zero-order valence-corrected chi connectivity index (χ0v) is 13.8. The van der Waals surface area contributed by atoms with Crippen LogP contribution in [0.3, 0.4) is 0 Å². The van der Waals surface area contributed by atoms with Gasteiger partial charge in [-0.05, 0) is 18.6 Å². The second kappa shape index (κ2) is 4.87. The lowest BCUT2D eigenvalue weighted by Gasteiger charge is -2.14. The van der Waals surface area contributed by atoms with E-state index in [0.717, 1.165) is 36.4 Å². The van der Waals surface area contributed by atoms with Gasteiger partial charge in [0.1, 0.15) is 10.2 Å². The van der Waals surface area contributed by atoms with Crippen LogP contribution in [0.15, 0.2) is 24.3 Å². The van der Waals surface area contributed by atoms with Crippen LogP contribution in [0.1, 0.15) is 24.6 Å². The minimum Gasteiger partial charge on any atom is -0.345 e. The number of likely N-dealkylation sites (N-methyl/N-ethyl adjacent to an activating group) is 1. The van der Waals surface area contributed by atoms with E-state index in [1.807, 2.05) is 25.2 Å². The van der Waals surface area contributed by atoms with Crippen LogP contribution in [0.4, 0.5) is 0 Å². The summed E-state index contributed by atoms with van der Waals surface area (Å²) in [5, 5.41) is 0. The maximum Gasteiger partial charge on any atom is 0.223 e. The number of benzene rings is 1. The molecule has 0 bridgehead atoms.